The van der Waals surface area contributed by atoms with Crippen LogP contribution in [0.2, 0.25) is 0 Å². The summed E-state index contributed by atoms with van der Waals surface area (Å²) in [6, 6.07) is 6.61. The second kappa shape index (κ2) is 7.49. The molecule has 0 atom stereocenters. The number of benzene rings is 2. The summed E-state index contributed by atoms with van der Waals surface area (Å²) in [6.45, 7) is 0. The molecule has 7 nitrogen and oxygen atoms in total. The summed E-state index contributed by atoms with van der Waals surface area (Å²) in [5.41, 5.74) is 1.12. The summed E-state index contributed by atoms with van der Waals surface area (Å²) in [5, 5.41) is 0.374. The van der Waals surface area contributed by atoms with Crippen molar-refractivity contribution in [3.8, 4) is 39.9 Å². The molecule has 27 heavy (non-hydrogen) atoms. The van der Waals surface area contributed by atoms with E-state index in [1.165, 1.54) is 41.8 Å². The zero-order valence-electron chi connectivity index (χ0n) is 15.7. The normalized spacial score (nSPS) is 10.6. The number of methoxy groups -OCH3 is 5. The summed E-state index contributed by atoms with van der Waals surface area (Å²) in [4.78, 5) is 13.1. The lowest BCUT2D eigenvalue weighted by Crippen LogP contribution is -2.06. The molecule has 142 valence electrons. The van der Waals surface area contributed by atoms with E-state index in [-0.39, 0.29) is 5.43 Å². The maximum Gasteiger partial charge on any atom is 0.203 e. The highest BCUT2D eigenvalue weighted by Crippen LogP contribution is 2.41. The highest BCUT2D eigenvalue weighted by atomic mass is 16.5. The molecule has 1 heterocycles. The Hall–Kier alpha value is -3.35. The quantitative estimate of drug-likeness (QED) is 0.655. The van der Waals surface area contributed by atoms with Crippen LogP contribution >= 0.6 is 0 Å². The standard InChI is InChI=1S/C20H20O7/c1-22-15-8-12-14(9-16(15)23-2)27-10-13(19(12)21)11-6-17(24-3)20(26-5)18(7-11)25-4/h6-10H,1-5H3. The smallest absolute Gasteiger partial charge is 0.203 e. The Morgan fingerprint density at radius 1 is 0.704 bits per heavy atom. The third-order valence-electron chi connectivity index (χ3n) is 4.25. The van der Waals surface area contributed by atoms with Crippen LogP contribution in [-0.2, 0) is 0 Å². The molecular weight excluding hydrogens is 352 g/mol. The summed E-state index contributed by atoms with van der Waals surface area (Å²) >= 11 is 0. The van der Waals surface area contributed by atoms with Gasteiger partial charge >= 0.3 is 0 Å². The summed E-state index contributed by atoms with van der Waals surface area (Å²) in [7, 11) is 7.58. The molecule has 0 aliphatic heterocycles. The first-order valence-electron chi connectivity index (χ1n) is 8.05. The highest BCUT2D eigenvalue weighted by molar-refractivity contribution is 5.85. The van der Waals surface area contributed by atoms with Crippen molar-refractivity contribution in [3.05, 3.63) is 40.8 Å². The van der Waals surface area contributed by atoms with E-state index in [0.29, 0.717) is 50.8 Å². The number of ether oxygens (including phenoxy) is 5. The van der Waals surface area contributed by atoms with Gasteiger partial charge in [-0.15, -0.1) is 0 Å². The molecule has 0 unspecified atom stereocenters. The van der Waals surface area contributed by atoms with Crippen molar-refractivity contribution in [1.29, 1.82) is 0 Å². The molecule has 3 rings (SSSR count). The van der Waals surface area contributed by atoms with Gasteiger partial charge in [0.15, 0.2) is 23.0 Å². The number of fused-ring (bicyclic) bond motifs is 1. The second-order valence-corrected chi connectivity index (χ2v) is 5.60. The molecule has 0 saturated carbocycles. The third-order valence-corrected chi connectivity index (χ3v) is 4.25. The van der Waals surface area contributed by atoms with Crippen LogP contribution in [0.1, 0.15) is 0 Å². The van der Waals surface area contributed by atoms with Gasteiger partial charge in [-0.3, -0.25) is 4.79 Å². The fourth-order valence-electron chi connectivity index (χ4n) is 2.89. The van der Waals surface area contributed by atoms with Gasteiger partial charge in [0.2, 0.25) is 11.2 Å². The molecule has 0 bridgehead atoms. The third kappa shape index (κ3) is 3.12. The highest BCUT2D eigenvalue weighted by Gasteiger charge is 2.18. The van der Waals surface area contributed by atoms with Gasteiger partial charge in [0, 0.05) is 6.07 Å². The number of hydrogen-bond donors (Lipinski definition) is 0. The Balaban J connectivity index is 2.26. The van der Waals surface area contributed by atoms with Gasteiger partial charge in [-0.05, 0) is 23.8 Å². The predicted molar refractivity (Wildman–Crippen MR) is 101 cm³/mol. The maximum absolute atomic E-state index is 13.1. The van der Waals surface area contributed by atoms with E-state index < -0.39 is 0 Å². The fraction of sp³-hybridized carbons (Fsp3) is 0.250. The molecule has 0 fully saturated rings. The predicted octanol–water partition coefficient (Wildman–Crippen LogP) is 3.50. The minimum atomic E-state index is -0.216. The van der Waals surface area contributed by atoms with Crippen molar-refractivity contribution in [2.45, 2.75) is 0 Å². The van der Waals surface area contributed by atoms with Gasteiger partial charge in [0.05, 0.1) is 46.5 Å². The molecule has 0 saturated heterocycles. The molecule has 0 radical (unpaired) electrons. The van der Waals surface area contributed by atoms with Crippen LogP contribution in [0.4, 0.5) is 0 Å². The van der Waals surface area contributed by atoms with E-state index in [1.807, 2.05) is 0 Å². The van der Waals surface area contributed by atoms with E-state index in [2.05, 4.69) is 0 Å². The summed E-state index contributed by atoms with van der Waals surface area (Å²) in [5.74, 6) is 2.26. The molecule has 2 aromatic carbocycles. The first-order chi connectivity index (χ1) is 13.1. The first-order valence-corrected chi connectivity index (χ1v) is 8.05. The lowest BCUT2D eigenvalue weighted by Gasteiger charge is -2.14. The zero-order valence-corrected chi connectivity index (χ0v) is 15.7. The van der Waals surface area contributed by atoms with Crippen molar-refractivity contribution in [2.75, 3.05) is 35.5 Å². The number of rotatable bonds is 6. The first kappa shape index (κ1) is 18.4. The van der Waals surface area contributed by atoms with Crippen LogP contribution in [0, 0.1) is 0 Å². The van der Waals surface area contributed by atoms with Crippen molar-refractivity contribution in [1.82, 2.24) is 0 Å². The van der Waals surface area contributed by atoms with Crippen LogP contribution in [-0.4, -0.2) is 35.5 Å². The molecule has 0 N–H and O–H groups in total. The lowest BCUT2D eigenvalue weighted by atomic mass is 10.0. The van der Waals surface area contributed by atoms with Crippen LogP contribution in [0.5, 0.6) is 28.7 Å². The Bertz CT molecular complexity index is 1010. The van der Waals surface area contributed by atoms with Crippen LogP contribution in [0.15, 0.2) is 39.7 Å². The van der Waals surface area contributed by atoms with Crippen LogP contribution in [0.25, 0.3) is 22.1 Å². The van der Waals surface area contributed by atoms with Gasteiger partial charge in [-0.25, -0.2) is 0 Å². The summed E-state index contributed by atoms with van der Waals surface area (Å²) in [6.07, 6.45) is 1.40. The minimum absolute atomic E-state index is 0.216. The minimum Gasteiger partial charge on any atom is -0.493 e. The number of hydrogen-bond acceptors (Lipinski definition) is 7. The molecule has 3 aromatic rings. The molecule has 1 aromatic heterocycles. The van der Waals surface area contributed by atoms with Gasteiger partial charge in [-0.1, -0.05) is 0 Å². The van der Waals surface area contributed by atoms with Gasteiger partial charge in [0.25, 0.3) is 0 Å². The SMILES string of the molecule is COc1cc2occ(-c3cc(OC)c(OC)c(OC)c3)c(=O)c2cc1OC. The monoisotopic (exact) mass is 372 g/mol. The average Bonchev–Trinajstić information content (AvgIpc) is 2.71. The Morgan fingerprint density at radius 2 is 1.26 bits per heavy atom. The van der Waals surface area contributed by atoms with E-state index in [4.69, 9.17) is 28.1 Å². The van der Waals surface area contributed by atoms with Crippen LogP contribution in [0.3, 0.4) is 0 Å². The Kier molecular flexibility index (Phi) is 5.12. The molecular formula is C20H20O7. The lowest BCUT2D eigenvalue weighted by molar-refractivity contribution is 0.324. The van der Waals surface area contributed by atoms with Crippen molar-refractivity contribution in [3.63, 3.8) is 0 Å². The van der Waals surface area contributed by atoms with Gasteiger partial charge in [0.1, 0.15) is 11.8 Å². The largest absolute Gasteiger partial charge is 0.493 e. The zero-order chi connectivity index (χ0) is 19.6. The topological polar surface area (TPSA) is 76.4 Å². The van der Waals surface area contributed by atoms with E-state index in [0.717, 1.165) is 0 Å². The van der Waals surface area contributed by atoms with E-state index >= 15 is 0 Å². The van der Waals surface area contributed by atoms with E-state index in [9.17, 15) is 4.79 Å². The Morgan fingerprint density at radius 3 is 1.78 bits per heavy atom. The average molecular weight is 372 g/mol. The molecule has 0 amide bonds. The van der Waals surface area contributed by atoms with Crippen LogP contribution < -0.4 is 29.1 Å². The second-order valence-electron chi connectivity index (χ2n) is 5.60. The molecule has 0 spiro atoms. The van der Waals surface area contributed by atoms with Crippen molar-refractivity contribution < 1.29 is 28.1 Å². The fourth-order valence-corrected chi connectivity index (χ4v) is 2.89. The van der Waals surface area contributed by atoms with Crippen molar-refractivity contribution in [2.24, 2.45) is 0 Å². The van der Waals surface area contributed by atoms with Crippen molar-refractivity contribution >= 4 is 11.0 Å². The molecule has 7 heteroatoms. The summed E-state index contributed by atoms with van der Waals surface area (Å²) < 4.78 is 32.3. The van der Waals surface area contributed by atoms with Gasteiger partial charge in [-0.2, -0.15) is 0 Å². The Labute approximate surface area is 156 Å². The molecule has 0 aliphatic rings. The maximum atomic E-state index is 13.1. The molecule has 0 aliphatic carbocycles. The van der Waals surface area contributed by atoms with Gasteiger partial charge < -0.3 is 28.1 Å². The van der Waals surface area contributed by atoms with E-state index in [1.54, 1.807) is 24.3 Å².